The first-order chi connectivity index (χ1) is 11.1. The Morgan fingerprint density at radius 1 is 1.13 bits per heavy atom. The molecule has 0 aliphatic carbocycles. The van der Waals surface area contributed by atoms with Crippen LogP contribution < -0.4 is 10.1 Å². The van der Waals surface area contributed by atoms with Crippen molar-refractivity contribution < 1.29 is 4.74 Å². The van der Waals surface area contributed by atoms with Crippen molar-refractivity contribution in [2.24, 2.45) is 5.92 Å². The summed E-state index contributed by atoms with van der Waals surface area (Å²) in [6, 6.07) is 11.7. The smallest absolute Gasteiger partial charge is 0.213 e. The van der Waals surface area contributed by atoms with E-state index < -0.39 is 0 Å². The standard InChI is InChI=1S/C18H20Cl2N2O/c1-12(23-18-7-6-15(20)10-22-18)16-8-9-21-11-17(16)13-2-4-14(19)5-3-13/h2-7,10,12,16-17,21H,8-9,11H2,1H3. The summed E-state index contributed by atoms with van der Waals surface area (Å²) in [7, 11) is 0. The number of hydrogen-bond acceptors (Lipinski definition) is 3. The molecule has 0 saturated carbocycles. The van der Waals surface area contributed by atoms with Crippen molar-refractivity contribution in [3.63, 3.8) is 0 Å². The summed E-state index contributed by atoms with van der Waals surface area (Å²) in [6.45, 7) is 4.08. The van der Waals surface area contributed by atoms with Gasteiger partial charge in [0.15, 0.2) is 0 Å². The fraction of sp³-hybridized carbons (Fsp3) is 0.389. The Morgan fingerprint density at radius 3 is 2.57 bits per heavy atom. The zero-order valence-corrected chi connectivity index (χ0v) is 14.5. The topological polar surface area (TPSA) is 34.1 Å². The number of nitrogens with zero attached hydrogens (tertiary/aromatic N) is 1. The van der Waals surface area contributed by atoms with Crippen LogP contribution in [0.5, 0.6) is 5.88 Å². The molecule has 1 aliphatic rings. The summed E-state index contributed by atoms with van der Waals surface area (Å²) >= 11 is 11.9. The van der Waals surface area contributed by atoms with Gasteiger partial charge < -0.3 is 10.1 Å². The second-order valence-corrected chi connectivity index (χ2v) is 6.83. The van der Waals surface area contributed by atoms with Crippen molar-refractivity contribution in [2.45, 2.75) is 25.4 Å². The number of benzene rings is 1. The molecule has 1 saturated heterocycles. The quantitative estimate of drug-likeness (QED) is 0.878. The van der Waals surface area contributed by atoms with E-state index in [2.05, 4.69) is 29.4 Å². The van der Waals surface area contributed by atoms with Gasteiger partial charge in [-0.25, -0.2) is 4.98 Å². The Balaban J connectivity index is 1.74. The van der Waals surface area contributed by atoms with E-state index in [9.17, 15) is 0 Å². The van der Waals surface area contributed by atoms with Crippen LogP contribution >= 0.6 is 23.2 Å². The molecule has 3 nitrogen and oxygen atoms in total. The summed E-state index contributed by atoms with van der Waals surface area (Å²) in [6.07, 6.45) is 2.76. The number of halogens is 2. The normalized spacial score (nSPS) is 22.6. The van der Waals surface area contributed by atoms with Gasteiger partial charge in [0.25, 0.3) is 0 Å². The molecule has 2 aromatic rings. The first-order valence-corrected chi connectivity index (χ1v) is 8.63. The van der Waals surface area contributed by atoms with Gasteiger partial charge in [-0.2, -0.15) is 0 Å². The Bertz CT molecular complexity index is 630. The van der Waals surface area contributed by atoms with Crippen LogP contribution in [0, 0.1) is 5.92 Å². The maximum Gasteiger partial charge on any atom is 0.213 e. The molecule has 3 rings (SSSR count). The average Bonchev–Trinajstić information content (AvgIpc) is 2.58. The molecule has 0 amide bonds. The Morgan fingerprint density at radius 2 is 1.87 bits per heavy atom. The molecule has 5 heteroatoms. The molecule has 0 bridgehead atoms. The average molecular weight is 351 g/mol. The van der Waals surface area contributed by atoms with Crippen LogP contribution in [-0.4, -0.2) is 24.2 Å². The first-order valence-electron chi connectivity index (χ1n) is 7.88. The van der Waals surface area contributed by atoms with E-state index >= 15 is 0 Å². The predicted molar refractivity (Wildman–Crippen MR) is 94.5 cm³/mol. The first kappa shape index (κ1) is 16.6. The summed E-state index contributed by atoms with van der Waals surface area (Å²) in [5.74, 6) is 1.45. The summed E-state index contributed by atoms with van der Waals surface area (Å²) in [5.41, 5.74) is 1.30. The zero-order valence-electron chi connectivity index (χ0n) is 13.0. The Hall–Kier alpha value is -1.29. The zero-order chi connectivity index (χ0) is 16.2. The minimum atomic E-state index is 0.0754. The molecule has 0 spiro atoms. The van der Waals surface area contributed by atoms with Gasteiger partial charge in [0.1, 0.15) is 6.10 Å². The third-order valence-electron chi connectivity index (χ3n) is 4.44. The van der Waals surface area contributed by atoms with Gasteiger partial charge >= 0.3 is 0 Å². The number of piperidine rings is 1. The van der Waals surface area contributed by atoms with Crippen LogP contribution in [0.4, 0.5) is 0 Å². The number of rotatable bonds is 4. The van der Waals surface area contributed by atoms with Crippen LogP contribution in [0.1, 0.15) is 24.8 Å². The van der Waals surface area contributed by atoms with E-state index in [4.69, 9.17) is 27.9 Å². The fourth-order valence-corrected chi connectivity index (χ4v) is 3.46. The van der Waals surface area contributed by atoms with E-state index in [1.54, 1.807) is 12.3 Å². The summed E-state index contributed by atoms with van der Waals surface area (Å²) in [5, 5.41) is 4.87. The highest BCUT2D eigenvalue weighted by Gasteiger charge is 2.32. The maximum absolute atomic E-state index is 6.06. The summed E-state index contributed by atoms with van der Waals surface area (Å²) in [4.78, 5) is 4.24. The van der Waals surface area contributed by atoms with Crippen LogP contribution in [0.15, 0.2) is 42.6 Å². The lowest BCUT2D eigenvalue weighted by Gasteiger charge is -2.36. The Labute approximate surface area is 147 Å². The lowest BCUT2D eigenvalue weighted by molar-refractivity contribution is 0.108. The molecule has 1 aromatic heterocycles. The van der Waals surface area contributed by atoms with E-state index in [1.807, 2.05) is 18.2 Å². The molecule has 1 fully saturated rings. The SMILES string of the molecule is CC(Oc1ccc(Cl)cn1)C1CCNCC1c1ccc(Cl)cc1. The van der Waals surface area contributed by atoms with Crippen molar-refractivity contribution in [1.29, 1.82) is 0 Å². The molecule has 1 aromatic carbocycles. The molecule has 122 valence electrons. The molecule has 3 unspecified atom stereocenters. The highest BCUT2D eigenvalue weighted by atomic mass is 35.5. The van der Waals surface area contributed by atoms with Crippen LogP contribution in [0.25, 0.3) is 0 Å². The number of aromatic nitrogens is 1. The predicted octanol–water partition coefficient (Wildman–Crippen LogP) is 4.55. The van der Waals surface area contributed by atoms with Crippen LogP contribution in [0.2, 0.25) is 10.0 Å². The third-order valence-corrected chi connectivity index (χ3v) is 4.92. The van der Waals surface area contributed by atoms with Crippen LogP contribution in [0.3, 0.4) is 0 Å². The largest absolute Gasteiger partial charge is 0.474 e. The van der Waals surface area contributed by atoms with Gasteiger partial charge in [-0.3, -0.25) is 0 Å². The molecule has 0 radical (unpaired) electrons. The molecule has 23 heavy (non-hydrogen) atoms. The van der Waals surface area contributed by atoms with Gasteiger partial charge in [-0.1, -0.05) is 35.3 Å². The fourth-order valence-electron chi connectivity index (χ4n) is 3.23. The van der Waals surface area contributed by atoms with E-state index in [-0.39, 0.29) is 6.10 Å². The molecule has 2 heterocycles. The van der Waals surface area contributed by atoms with Gasteiger partial charge in [-0.05, 0) is 43.7 Å². The monoisotopic (exact) mass is 350 g/mol. The number of ether oxygens (including phenoxy) is 1. The molecule has 1 N–H and O–H groups in total. The minimum absolute atomic E-state index is 0.0754. The van der Waals surface area contributed by atoms with Crippen molar-refractivity contribution >= 4 is 23.2 Å². The number of pyridine rings is 1. The molecule has 1 aliphatic heterocycles. The number of hydrogen-bond donors (Lipinski definition) is 1. The molecular weight excluding hydrogens is 331 g/mol. The van der Waals surface area contributed by atoms with E-state index in [0.29, 0.717) is 22.7 Å². The second-order valence-electron chi connectivity index (χ2n) is 5.95. The van der Waals surface area contributed by atoms with E-state index in [0.717, 1.165) is 24.5 Å². The number of nitrogens with one attached hydrogen (secondary N) is 1. The maximum atomic E-state index is 6.06. The molecular formula is C18H20Cl2N2O. The van der Waals surface area contributed by atoms with Gasteiger partial charge in [0.05, 0.1) is 5.02 Å². The van der Waals surface area contributed by atoms with Crippen LogP contribution in [-0.2, 0) is 0 Å². The van der Waals surface area contributed by atoms with Gasteiger partial charge in [-0.15, -0.1) is 0 Å². The van der Waals surface area contributed by atoms with Crippen molar-refractivity contribution in [3.05, 3.63) is 58.2 Å². The van der Waals surface area contributed by atoms with Gasteiger partial charge in [0, 0.05) is 35.7 Å². The van der Waals surface area contributed by atoms with Gasteiger partial charge in [0.2, 0.25) is 5.88 Å². The highest BCUT2D eigenvalue weighted by molar-refractivity contribution is 6.30. The van der Waals surface area contributed by atoms with E-state index in [1.165, 1.54) is 5.56 Å². The highest BCUT2D eigenvalue weighted by Crippen LogP contribution is 2.33. The van der Waals surface area contributed by atoms with Crippen molar-refractivity contribution in [1.82, 2.24) is 10.3 Å². The lowest BCUT2D eigenvalue weighted by atomic mass is 9.78. The lowest BCUT2D eigenvalue weighted by Crippen LogP contribution is -2.41. The van der Waals surface area contributed by atoms with Crippen molar-refractivity contribution in [2.75, 3.05) is 13.1 Å². The van der Waals surface area contributed by atoms with Crippen molar-refractivity contribution in [3.8, 4) is 5.88 Å². The summed E-state index contributed by atoms with van der Waals surface area (Å²) < 4.78 is 6.06. The third kappa shape index (κ3) is 4.17. The second kappa shape index (κ2) is 7.52. The Kier molecular flexibility index (Phi) is 5.42. The minimum Gasteiger partial charge on any atom is -0.474 e. The molecule has 3 atom stereocenters.